The van der Waals surface area contributed by atoms with Crippen LogP contribution in [0.5, 0.6) is 0 Å². The minimum absolute atomic E-state index is 0.140. The van der Waals surface area contributed by atoms with Crippen molar-refractivity contribution in [3.05, 3.63) is 131 Å². The quantitative estimate of drug-likeness (QED) is 0.289. The topological polar surface area (TPSA) is 63.8 Å². The number of aromatic nitrogens is 3. The molecule has 2 aliphatic heterocycles. The van der Waals surface area contributed by atoms with Crippen molar-refractivity contribution in [2.75, 3.05) is 0 Å². The van der Waals surface area contributed by atoms with Gasteiger partial charge >= 0.3 is 0 Å². The Morgan fingerprint density at radius 3 is 2.36 bits per heavy atom. The lowest BCUT2D eigenvalue weighted by Gasteiger charge is -2.16. The van der Waals surface area contributed by atoms with Crippen molar-refractivity contribution in [3.63, 3.8) is 0 Å². The van der Waals surface area contributed by atoms with Crippen LogP contribution in [0.4, 0.5) is 0 Å². The summed E-state index contributed by atoms with van der Waals surface area (Å²) in [6.45, 7) is 0. The van der Waals surface area contributed by atoms with Crippen LogP contribution in [0.25, 0.3) is 49.9 Å². The first-order chi connectivity index (χ1) is 17.8. The summed E-state index contributed by atoms with van der Waals surface area (Å²) in [7, 11) is 0. The lowest BCUT2D eigenvalue weighted by atomic mass is 9.95. The molecule has 1 N–H and O–H groups in total. The second-order valence-electron chi connectivity index (χ2n) is 8.91. The third-order valence-electron chi connectivity index (χ3n) is 6.72. The molecule has 0 fully saturated rings. The minimum Gasteiger partial charge on any atom is -0.469 e. The molecule has 2 aliphatic rings. The first kappa shape index (κ1) is 20.5. The molecule has 5 nitrogen and oxygen atoms in total. The molecule has 0 saturated heterocycles. The molecular formula is C31H21N3O2. The van der Waals surface area contributed by atoms with E-state index in [0.29, 0.717) is 23.7 Å². The summed E-state index contributed by atoms with van der Waals surface area (Å²) in [5, 5.41) is 4.58. The van der Waals surface area contributed by atoms with Crippen molar-refractivity contribution in [2.24, 2.45) is 0 Å². The maximum atomic E-state index is 13.5. The van der Waals surface area contributed by atoms with Gasteiger partial charge < -0.3 is 9.40 Å². The minimum atomic E-state index is -0.140. The van der Waals surface area contributed by atoms with Gasteiger partial charge in [-0.2, -0.15) is 0 Å². The lowest BCUT2D eigenvalue weighted by Crippen LogP contribution is -2.16. The molecule has 0 aliphatic carbocycles. The zero-order chi connectivity index (χ0) is 24.1. The normalized spacial score (nSPS) is 11.6. The van der Waals surface area contributed by atoms with Crippen molar-refractivity contribution in [3.8, 4) is 28.3 Å². The molecule has 5 heteroatoms. The molecule has 0 unspecified atom stereocenters. The number of hydrogen-bond donors (Lipinski definition) is 1. The van der Waals surface area contributed by atoms with Gasteiger partial charge in [0.25, 0.3) is 5.56 Å². The third kappa shape index (κ3) is 3.25. The van der Waals surface area contributed by atoms with E-state index in [1.165, 1.54) is 5.39 Å². The summed E-state index contributed by atoms with van der Waals surface area (Å²) in [5.41, 5.74) is 3.96. The van der Waals surface area contributed by atoms with E-state index < -0.39 is 0 Å². The summed E-state index contributed by atoms with van der Waals surface area (Å²) in [5.74, 6) is 1.31. The van der Waals surface area contributed by atoms with Crippen LogP contribution in [-0.4, -0.2) is 14.5 Å². The van der Waals surface area contributed by atoms with Gasteiger partial charge in [0, 0.05) is 11.8 Å². The van der Waals surface area contributed by atoms with E-state index in [4.69, 9.17) is 9.40 Å². The number of furan rings is 1. The molecule has 1 aromatic heterocycles. The Labute approximate surface area is 206 Å². The van der Waals surface area contributed by atoms with Crippen molar-refractivity contribution in [1.82, 2.24) is 14.5 Å². The molecule has 0 atom stereocenters. The molecule has 0 amide bonds. The molecule has 5 aromatic rings. The fourth-order valence-electron chi connectivity index (χ4n) is 5.02. The number of aromatic amines is 1. The fourth-order valence-corrected chi connectivity index (χ4v) is 5.02. The van der Waals surface area contributed by atoms with E-state index in [1.807, 2.05) is 60.8 Å². The largest absolute Gasteiger partial charge is 0.469 e. The average molecular weight is 468 g/mol. The highest BCUT2D eigenvalue weighted by atomic mass is 16.3. The SMILES string of the molecule is O=c1c(Cc2ccco2)nc2c(-c3cc4ccccc4c4ccccc34)[nH]c(-c3ccccc3)cn1-2. The summed E-state index contributed by atoms with van der Waals surface area (Å²) < 4.78 is 7.17. The van der Waals surface area contributed by atoms with E-state index in [9.17, 15) is 4.79 Å². The zero-order valence-corrected chi connectivity index (χ0v) is 19.3. The molecule has 172 valence electrons. The molecular weight excluding hydrogens is 446 g/mol. The van der Waals surface area contributed by atoms with Crippen LogP contribution in [0.2, 0.25) is 0 Å². The smallest absolute Gasteiger partial charge is 0.278 e. The fraction of sp³-hybridized carbons (Fsp3) is 0.0323. The van der Waals surface area contributed by atoms with E-state index in [0.717, 1.165) is 38.7 Å². The molecule has 3 heterocycles. The first-order valence-corrected chi connectivity index (χ1v) is 11.9. The lowest BCUT2D eigenvalue weighted by molar-refractivity contribution is 0.519. The summed E-state index contributed by atoms with van der Waals surface area (Å²) >= 11 is 0. The van der Waals surface area contributed by atoms with Gasteiger partial charge in [-0.05, 0) is 45.3 Å². The Bertz CT molecular complexity index is 1880. The number of nitrogens with one attached hydrogen (secondary N) is 1. The van der Waals surface area contributed by atoms with Gasteiger partial charge in [-0.3, -0.25) is 9.36 Å². The van der Waals surface area contributed by atoms with Gasteiger partial charge in [0.2, 0.25) is 0 Å². The predicted octanol–water partition coefficient (Wildman–Crippen LogP) is 6.82. The summed E-state index contributed by atoms with van der Waals surface area (Å²) in [6, 6.07) is 32.7. The first-order valence-electron chi connectivity index (χ1n) is 11.9. The van der Waals surface area contributed by atoms with Crippen LogP contribution < -0.4 is 5.56 Å². The van der Waals surface area contributed by atoms with Gasteiger partial charge in [-0.15, -0.1) is 0 Å². The molecule has 0 bridgehead atoms. The highest BCUT2D eigenvalue weighted by Gasteiger charge is 2.23. The standard InChI is InChI=1S/C31H21N3O2/c35-31-27(18-22-12-8-16-36-22)33-30-29(32-28(19-34(30)31)20-9-2-1-3-10-20)26-17-21-11-4-5-13-23(21)24-14-6-7-15-25(24)26/h1-17,19,32H,18H2. The van der Waals surface area contributed by atoms with Crippen LogP contribution >= 0.6 is 0 Å². The monoisotopic (exact) mass is 467 g/mol. The Balaban J connectivity index is 1.56. The van der Waals surface area contributed by atoms with Gasteiger partial charge in [0.05, 0.1) is 24.1 Å². The number of rotatable bonds is 4. The van der Waals surface area contributed by atoms with Crippen molar-refractivity contribution < 1.29 is 4.42 Å². The van der Waals surface area contributed by atoms with Gasteiger partial charge in [-0.25, -0.2) is 4.98 Å². The van der Waals surface area contributed by atoms with E-state index in [2.05, 4.69) is 47.4 Å². The van der Waals surface area contributed by atoms with Gasteiger partial charge in [0.1, 0.15) is 11.5 Å². The Morgan fingerprint density at radius 2 is 1.56 bits per heavy atom. The molecule has 0 spiro atoms. The maximum Gasteiger partial charge on any atom is 0.278 e. The summed E-state index contributed by atoms with van der Waals surface area (Å²) in [4.78, 5) is 22.0. The number of fused-ring (bicyclic) bond motifs is 4. The molecule has 0 saturated carbocycles. The molecule has 4 aromatic carbocycles. The van der Waals surface area contributed by atoms with Crippen LogP contribution in [-0.2, 0) is 6.42 Å². The van der Waals surface area contributed by atoms with Crippen LogP contribution in [0.3, 0.4) is 0 Å². The third-order valence-corrected chi connectivity index (χ3v) is 6.72. The van der Waals surface area contributed by atoms with Crippen LogP contribution in [0.15, 0.2) is 119 Å². The van der Waals surface area contributed by atoms with E-state index in [-0.39, 0.29) is 5.56 Å². The van der Waals surface area contributed by atoms with Crippen LogP contribution in [0.1, 0.15) is 11.5 Å². The Kier molecular flexibility index (Phi) is 4.61. The van der Waals surface area contributed by atoms with Crippen molar-refractivity contribution >= 4 is 21.5 Å². The number of hydrogen-bond acceptors (Lipinski definition) is 3. The average Bonchev–Trinajstić information content (AvgIpc) is 3.56. The van der Waals surface area contributed by atoms with E-state index >= 15 is 0 Å². The number of nitrogens with zero attached hydrogens (tertiary/aromatic N) is 2. The summed E-state index contributed by atoms with van der Waals surface area (Å²) in [6.07, 6.45) is 3.80. The van der Waals surface area contributed by atoms with Gasteiger partial charge in [-0.1, -0.05) is 78.9 Å². The highest BCUT2D eigenvalue weighted by molar-refractivity contribution is 6.13. The maximum absolute atomic E-state index is 13.5. The van der Waals surface area contributed by atoms with Gasteiger partial charge in [0.15, 0.2) is 5.82 Å². The highest BCUT2D eigenvalue weighted by Crippen LogP contribution is 2.37. The number of imidazole rings is 1. The number of benzene rings is 4. The van der Waals surface area contributed by atoms with Crippen LogP contribution in [0, 0.1) is 0 Å². The molecule has 7 rings (SSSR count). The number of H-pyrrole nitrogens is 1. The van der Waals surface area contributed by atoms with Crippen molar-refractivity contribution in [2.45, 2.75) is 6.42 Å². The van der Waals surface area contributed by atoms with E-state index in [1.54, 1.807) is 10.8 Å². The molecule has 36 heavy (non-hydrogen) atoms. The predicted molar refractivity (Wildman–Crippen MR) is 143 cm³/mol. The second-order valence-corrected chi connectivity index (χ2v) is 8.91. The second kappa shape index (κ2) is 8.10. The molecule has 0 radical (unpaired) electrons. The Morgan fingerprint density at radius 1 is 0.806 bits per heavy atom. The zero-order valence-electron chi connectivity index (χ0n) is 19.3. The van der Waals surface area contributed by atoms with Crippen molar-refractivity contribution in [1.29, 1.82) is 0 Å². The Hall–Kier alpha value is -4.90.